The Labute approximate surface area is 154 Å². The Kier molecular flexibility index (Phi) is 6.39. The van der Waals surface area contributed by atoms with Crippen LogP contribution in [0.4, 0.5) is 5.69 Å². The van der Waals surface area contributed by atoms with Crippen molar-refractivity contribution in [2.75, 3.05) is 12.4 Å². The molecular weight excluding hydrogens is 352 g/mol. The number of sulfonamides is 1. The molecule has 2 aromatic rings. The van der Waals surface area contributed by atoms with Gasteiger partial charge in [-0.25, -0.2) is 8.42 Å². The molecule has 0 aliphatic carbocycles. The molecule has 1 amide bonds. The van der Waals surface area contributed by atoms with Crippen molar-refractivity contribution in [3.8, 4) is 5.75 Å². The van der Waals surface area contributed by atoms with E-state index in [4.69, 9.17) is 4.74 Å². The third-order valence-corrected chi connectivity index (χ3v) is 5.55. The molecular formula is C19H24N2O4S. The average molecular weight is 376 g/mol. The molecule has 2 rings (SSSR count). The Bertz CT molecular complexity index is 894. The van der Waals surface area contributed by atoms with Crippen LogP contribution in [0.3, 0.4) is 0 Å². The minimum atomic E-state index is -3.91. The van der Waals surface area contributed by atoms with Crippen LogP contribution in [0.1, 0.15) is 25.0 Å². The monoisotopic (exact) mass is 376 g/mol. The van der Waals surface area contributed by atoms with E-state index in [2.05, 4.69) is 10.0 Å². The van der Waals surface area contributed by atoms with Crippen molar-refractivity contribution in [3.63, 3.8) is 0 Å². The van der Waals surface area contributed by atoms with Crippen molar-refractivity contribution in [2.45, 2.75) is 38.1 Å². The molecule has 2 N–H and O–H groups in total. The van der Waals surface area contributed by atoms with Crippen molar-refractivity contribution in [2.24, 2.45) is 0 Å². The number of aryl methyl sites for hydroxylation is 2. The quantitative estimate of drug-likeness (QED) is 0.778. The molecule has 2 aromatic carbocycles. The maximum absolute atomic E-state index is 12.7. The van der Waals surface area contributed by atoms with E-state index < -0.39 is 22.0 Å². The fourth-order valence-electron chi connectivity index (χ4n) is 2.54. The third kappa shape index (κ3) is 4.62. The van der Waals surface area contributed by atoms with E-state index in [1.165, 1.54) is 20.1 Å². The van der Waals surface area contributed by atoms with Crippen LogP contribution in [-0.4, -0.2) is 27.5 Å². The van der Waals surface area contributed by atoms with E-state index in [1.807, 2.05) is 25.1 Å². The number of carbonyl (C=O) groups excluding carboxylic acids is 1. The second kappa shape index (κ2) is 8.33. The van der Waals surface area contributed by atoms with Gasteiger partial charge in [0.2, 0.25) is 15.9 Å². The summed E-state index contributed by atoms with van der Waals surface area (Å²) < 4.78 is 32.9. The topological polar surface area (TPSA) is 84.5 Å². The van der Waals surface area contributed by atoms with E-state index >= 15 is 0 Å². The molecule has 26 heavy (non-hydrogen) atoms. The van der Waals surface area contributed by atoms with Gasteiger partial charge in [0, 0.05) is 5.69 Å². The molecule has 0 unspecified atom stereocenters. The first kappa shape index (κ1) is 19.9. The number of amides is 1. The minimum Gasteiger partial charge on any atom is -0.495 e. The Morgan fingerprint density at radius 2 is 1.88 bits per heavy atom. The highest BCUT2D eigenvalue weighted by atomic mass is 32.2. The van der Waals surface area contributed by atoms with Crippen LogP contribution in [0.15, 0.2) is 47.4 Å². The van der Waals surface area contributed by atoms with E-state index in [1.54, 1.807) is 25.1 Å². The number of benzene rings is 2. The average Bonchev–Trinajstić information content (AvgIpc) is 2.61. The summed E-state index contributed by atoms with van der Waals surface area (Å²) in [7, 11) is -2.51. The minimum absolute atomic E-state index is 0.00797. The Morgan fingerprint density at radius 1 is 1.19 bits per heavy atom. The van der Waals surface area contributed by atoms with E-state index in [-0.39, 0.29) is 10.6 Å². The van der Waals surface area contributed by atoms with Crippen LogP contribution in [-0.2, 0) is 21.2 Å². The third-order valence-electron chi connectivity index (χ3n) is 3.99. The normalized spacial score (nSPS) is 12.5. The maximum atomic E-state index is 12.7. The molecule has 0 spiro atoms. The molecule has 0 saturated carbocycles. The molecule has 0 aliphatic rings. The van der Waals surface area contributed by atoms with Crippen molar-refractivity contribution in [1.29, 1.82) is 0 Å². The molecule has 7 heteroatoms. The Hall–Kier alpha value is -2.38. The Balaban J connectivity index is 2.19. The summed E-state index contributed by atoms with van der Waals surface area (Å²) in [5, 5.41) is 2.78. The number of rotatable bonds is 7. The van der Waals surface area contributed by atoms with Crippen molar-refractivity contribution in [3.05, 3.63) is 53.6 Å². The number of hydrogen-bond acceptors (Lipinski definition) is 4. The van der Waals surface area contributed by atoms with Gasteiger partial charge in [0.1, 0.15) is 10.6 Å². The number of methoxy groups -OCH3 is 1. The summed E-state index contributed by atoms with van der Waals surface area (Å²) >= 11 is 0. The van der Waals surface area contributed by atoms with Crippen LogP contribution in [0.25, 0.3) is 0 Å². The highest BCUT2D eigenvalue weighted by Crippen LogP contribution is 2.25. The van der Waals surface area contributed by atoms with Crippen molar-refractivity contribution < 1.29 is 17.9 Å². The number of anilines is 1. The molecule has 0 radical (unpaired) electrons. The van der Waals surface area contributed by atoms with Gasteiger partial charge in [-0.1, -0.05) is 31.2 Å². The maximum Gasteiger partial charge on any atom is 0.244 e. The van der Waals surface area contributed by atoms with Gasteiger partial charge in [0.15, 0.2) is 0 Å². The molecule has 6 nitrogen and oxygen atoms in total. The predicted octanol–water partition coefficient (Wildman–Crippen LogP) is 2.87. The SMILES string of the molecule is CCc1ccccc1NC(=O)[C@H](C)NS(=O)(=O)c1cc(C)ccc1OC. The molecule has 0 fully saturated rings. The summed E-state index contributed by atoms with van der Waals surface area (Å²) in [5.74, 6) is -0.201. The van der Waals surface area contributed by atoms with Gasteiger partial charge in [0.25, 0.3) is 0 Å². The first-order valence-corrected chi connectivity index (χ1v) is 9.82. The van der Waals surface area contributed by atoms with Crippen LogP contribution < -0.4 is 14.8 Å². The van der Waals surface area contributed by atoms with Crippen molar-refractivity contribution in [1.82, 2.24) is 4.72 Å². The van der Waals surface area contributed by atoms with E-state index in [0.29, 0.717) is 5.69 Å². The van der Waals surface area contributed by atoms with E-state index in [9.17, 15) is 13.2 Å². The van der Waals surface area contributed by atoms with Gasteiger partial charge in [0.05, 0.1) is 13.2 Å². The highest BCUT2D eigenvalue weighted by molar-refractivity contribution is 7.89. The fraction of sp³-hybridized carbons (Fsp3) is 0.316. The van der Waals surface area contributed by atoms with Gasteiger partial charge in [-0.05, 0) is 49.6 Å². The first-order valence-electron chi connectivity index (χ1n) is 8.34. The zero-order valence-corrected chi connectivity index (χ0v) is 16.2. The van der Waals surface area contributed by atoms with Gasteiger partial charge >= 0.3 is 0 Å². The van der Waals surface area contributed by atoms with Crippen LogP contribution in [0.5, 0.6) is 5.75 Å². The second-order valence-corrected chi connectivity index (χ2v) is 7.68. The van der Waals surface area contributed by atoms with E-state index in [0.717, 1.165) is 17.5 Å². The molecule has 0 aliphatic heterocycles. The Morgan fingerprint density at radius 3 is 2.54 bits per heavy atom. The zero-order valence-electron chi connectivity index (χ0n) is 15.4. The molecule has 0 aromatic heterocycles. The summed E-state index contributed by atoms with van der Waals surface area (Å²) in [6, 6.07) is 11.3. The van der Waals surface area contributed by atoms with Crippen LogP contribution >= 0.6 is 0 Å². The highest BCUT2D eigenvalue weighted by Gasteiger charge is 2.25. The van der Waals surface area contributed by atoms with Crippen molar-refractivity contribution >= 4 is 21.6 Å². The predicted molar refractivity (Wildman–Crippen MR) is 102 cm³/mol. The van der Waals surface area contributed by atoms with Gasteiger partial charge < -0.3 is 10.1 Å². The number of nitrogens with one attached hydrogen (secondary N) is 2. The molecule has 0 heterocycles. The van der Waals surface area contributed by atoms with Gasteiger partial charge in [-0.2, -0.15) is 4.72 Å². The lowest BCUT2D eigenvalue weighted by atomic mass is 10.1. The largest absolute Gasteiger partial charge is 0.495 e. The number of para-hydroxylation sites is 1. The summed E-state index contributed by atoms with van der Waals surface area (Å²) in [6.07, 6.45) is 0.761. The summed E-state index contributed by atoms with van der Waals surface area (Å²) in [6.45, 7) is 5.28. The standard InChI is InChI=1S/C19H24N2O4S/c1-5-15-8-6-7-9-16(15)20-19(22)14(3)21-26(23,24)18-12-13(2)10-11-17(18)25-4/h6-12,14,21H,5H2,1-4H3,(H,20,22)/t14-/m0/s1. The molecule has 140 valence electrons. The number of carbonyl (C=O) groups is 1. The smallest absolute Gasteiger partial charge is 0.244 e. The molecule has 0 bridgehead atoms. The summed E-state index contributed by atoms with van der Waals surface area (Å²) in [5.41, 5.74) is 2.44. The first-order chi connectivity index (χ1) is 12.3. The fourth-order valence-corrected chi connectivity index (χ4v) is 3.99. The van der Waals surface area contributed by atoms with Gasteiger partial charge in [-0.3, -0.25) is 4.79 Å². The summed E-state index contributed by atoms with van der Waals surface area (Å²) in [4.78, 5) is 12.4. The number of hydrogen-bond donors (Lipinski definition) is 2. The lowest BCUT2D eigenvalue weighted by Gasteiger charge is -2.17. The zero-order chi connectivity index (χ0) is 19.3. The second-order valence-electron chi connectivity index (χ2n) is 6.00. The van der Waals surface area contributed by atoms with Crippen LogP contribution in [0.2, 0.25) is 0 Å². The molecule has 0 saturated heterocycles. The van der Waals surface area contributed by atoms with Crippen LogP contribution in [0, 0.1) is 6.92 Å². The lowest BCUT2D eigenvalue weighted by molar-refractivity contribution is -0.117. The lowest BCUT2D eigenvalue weighted by Crippen LogP contribution is -2.41. The number of ether oxygens (including phenoxy) is 1. The molecule has 1 atom stereocenters. The van der Waals surface area contributed by atoms with Gasteiger partial charge in [-0.15, -0.1) is 0 Å².